The van der Waals surface area contributed by atoms with Crippen LogP contribution in [-0.4, -0.2) is 19.9 Å². The Morgan fingerprint density at radius 3 is 2.64 bits per heavy atom. The number of hydrogen-bond donors (Lipinski definition) is 1. The van der Waals surface area contributed by atoms with Gasteiger partial charge in [-0.1, -0.05) is 17.7 Å². The van der Waals surface area contributed by atoms with Crippen LogP contribution in [0.1, 0.15) is 27.9 Å². The molecule has 4 heterocycles. The number of nitrogens with one attached hydrogen (secondary N) is 1. The molecule has 4 aromatic heterocycles. The first-order valence-corrected chi connectivity index (χ1v) is 9.24. The van der Waals surface area contributed by atoms with Crippen LogP contribution in [0.15, 0.2) is 42.9 Å². The van der Waals surface area contributed by atoms with Gasteiger partial charge in [-0.15, -0.1) is 0 Å². The Balaban J connectivity index is 1.51. The van der Waals surface area contributed by atoms with Crippen LogP contribution in [0.4, 0.5) is 8.78 Å². The average Bonchev–Trinajstić information content (AvgIpc) is 3.06. The van der Waals surface area contributed by atoms with E-state index in [1.807, 2.05) is 19.2 Å². The Kier molecular flexibility index (Phi) is 5.05. The van der Waals surface area contributed by atoms with Crippen molar-refractivity contribution in [1.82, 2.24) is 19.9 Å². The fourth-order valence-corrected chi connectivity index (χ4v) is 3.37. The summed E-state index contributed by atoms with van der Waals surface area (Å²) in [6.07, 6.45) is 6.05. The minimum atomic E-state index is -0.565. The van der Waals surface area contributed by atoms with Crippen LogP contribution >= 0.6 is 11.6 Å². The van der Waals surface area contributed by atoms with Crippen molar-refractivity contribution in [3.63, 3.8) is 0 Å². The quantitative estimate of drug-likeness (QED) is 0.483. The molecule has 7 heteroatoms. The Hall–Kier alpha value is -2.86. The molecule has 0 saturated carbocycles. The minimum absolute atomic E-state index is 0.346. The molecular formula is C21H17ClF2N4. The molecule has 0 bridgehead atoms. The molecule has 0 atom stereocenters. The fourth-order valence-electron chi connectivity index (χ4n) is 3.19. The molecule has 0 aliphatic rings. The predicted octanol–water partition coefficient (Wildman–Crippen LogP) is 4.97. The van der Waals surface area contributed by atoms with Gasteiger partial charge in [0, 0.05) is 47.2 Å². The lowest BCUT2D eigenvalue weighted by atomic mass is 10.0. The summed E-state index contributed by atoms with van der Waals surface area (Å²) in [4.78, 5) is 15.1. The summed E-state index contributed by atoms with van der Waals surface area (Å²) >= 11 is 5.85. The molecular weight excluding hydrogens is 382 g/mol. The third-order valence-corrected chi connectivity index (χ3v) is 4.85. The van der Waals surface area contributed by atoms with Gasteiger partial charge in [-0.05, 0) is 49.1 Å². The third kappa shape index (κ3) is 3.87. The summed E-state index contributed by atoms with van der Waals surface area (Å²) in [6, 6.07) is 7.06. The second-order valence-corrected chi connectivity index (χ2v) is 7.19. The van der Waals surface area contributed by atoms with Crippen LogP contribution in [0.5, 0.6) is 0 Å². The van der Waals surface area contributed by atoms with Gasteiger partial charge in [-0.25, -0.2) is 15.0 Å². The SMILES string of the molecule is Cc1cnc2[nH]cc(Cc3ccc(CCc4cc(Cl)cnc4F)nc3F)c2c1. The van der Waals surface area contributed by atoms with E-state index < -0.39 is 11.9 Å². The molecule has 0 radical (unpaired) electrons. The topological polar surface area (TPSA) is 54.5 Å². The van der Waals surface area contributed by atoms with E-state index in [2.05, 4.69) is 19.9 Å². The lowest BCUT2D eigenvalue weighted by Crippen LogP contribution is -2.02. The number of pyridine rings is 3. The van der Waals surface area contributed by atoms with Crippen LogP contribution in [0.3, 0.4) is 0 Å². The normalized spacial score (nSPS) is 11.3. The number of rotatable bonds is 5. The summed E-state index contributed by atoms with van der Waals surface area (Å²) < 4.78 is 28.3. The van der Waals surface area contributed by atoms with Crippen LogP contribution in [0.25, 0.3) is 11.0 Å². The Bertz CT molecular complexity index is 1160. The van der Waals surface area contributed by atoms with Gasteiger partial charge in [0.25, 0.3) is 0 Å². The van der Waals surface area contributed by atoms with Gasteiger partial charge in [-0.3, -0.25) is 0 Å². The molecule has 0 unspecified atom stereocenters. The first-order chi connectivity index (χ1) is 13.5. The number of fused-ring (bicyclic) bond motifs is 1. The summed E-state index contributed by atoms with van der Waals surface area (Å²) in [5.41, 5.74) is 4.23. The Morgan fingerprint density at radius 2 is 1.82 bits per heavy atom. The van der Waals surface area contributed by atoms with Crippen LogP contribution in [-0.2, 0) is 19.3 Å². The van der Waals surface area contributed by atoms with Crippen molar-refractivity contribution >= 4 is 22.6 Å². The van der Waals surface area contributed by atoms with Crippen LogP contribution < -0.4 is 0 Å². The highest BCUT2D eigenvalue weighted by Gasteiger charge is 2.12. The summed E-state index contributed by atoms with van der Waals surface area (Å²) in [5.74, 6) is -1.08. The molecule has 28 heavy (non-hydrogen) atoms. The molecule has 0 aliphatic heterocycles. The van der Waals surface area contributed by atoms with E-state index in [1.165, 1.54) is 12.3 Å². The lowest BCUT2D eigenvalue weighted by Gasteiger charge is -2.06. The average molecular weight is 399 g/mol. The maximum absolute atomic E-state index is 14.5. The number of hydrogen-bond acceptors (Lipinski definition) is 3. The number of aromatic nitrogens is 4. The first kappa shape index (κ1) is 18.5. The van der Waals surface area contributed by atoms with E-state index in [9.17, 15) is 8.78 Å². The Morgan fingerprint density at radius 1 is 0.964 bits per heavy atom. The van der Waals surface area contributed by atoms with Gasteiger partial charge < -0.3 is 4.98 Å². The predicted molar refractivity (Wildman–Crippen MR) is 104 cm³/mol. The van der Waals surface area contributed by atoms with Crippen molar-refractivity contribution in [2.45, 2.75) is 26.2 Å². The summed E-state index contributed by atoms with van der Waals surface area (Å²) in [5, 5.41) is 1.35. The highest BCUT2D eigenvalue weighted by molar-refractivity contribution is 6.30. The fraction of sp³-hybridized carbons (Fsp3) is 0.190. The van der Waals surface area contributed by atoms with Crippen molar-refractivity contribution in [2.24, 2.45) is 0 Å². The highest BCUT2D eigenvalue weighted by Crippen LogP contribution is 2.22. The second-order valence-electron chi connectivity index (χ2n) is 6.76. The maximum atomic E-state index is 14.5. The molecule has 4 aromatic rings. The van der Waals surface area contributed by atoms with Gasteiger partial charge in [0.05, 0.1) is 5.02 Å². The van der Waals surface area contributed by atoms with Gasteiger partial charge in [0.2, 0.25) is 11.9 Å². The molecule has 0 fully saturated rings. The Labute approximate surface area is 165 Å². The zero-order valence-corrected chi connectivity index (χ0v) is 15.9. The van der Waals surface area contributed by atoms with Crippen molar-refractivity contribution in [3.05, 3.63) is 87.7 Å². The number of aryl methyl sites for hydroxylation is 3. The van der Waals surface area contributed by atoms with Gasteiger partial charge >= 0.3 is 0 Å². The molecule has 4 rings (SSSR count). The number of aromatic amines is 1. The smallest absolute Gasteiger partial charge is 0.216 e. The zero-order valence-electron chi connectivity index (χ0n) is 15.1. The standard InChI is InChI=1S/C21H17ClF2N4/c1-12-6-18-15(10-27-21(18)26-9-12)7-13-2-4-17(28-20(13)24)5-3-14-8-16(22)11-25-19(14)23/h2,4,6,8-11H,3,5,7H2,1H3,(H,26,27). The van der Waals surface area contributed by atoms with Gasteiger partial charge in [-0.2, -0.15) is 8.78 Å². The molecule has 0 saturated heterocycles. The largest absolute Gasteiger partial charge is 0.346 e. The van der Waals surface area contributed by atoms with Crippen LogP contribution in [0, 0.1) is 18.8 Å². The van der Waals surface area contributed by atoms with E-state index in [0.29, 0.717) is 41.1 Å². The van der Waals surface area contributed by atoms with E-state index in [-0.39, 0.29) is 0 Å². The van der Waals surface area contributed by atoms with E-state index in [4.69, 9.17) is 11.6 Å². The number of H-pyrrole nitrogens is 1. The molecule has 4 nitrogen and oxygen atoms in total. The number of halogens is 3. The van der Waals surface area contributed by atoms with Crippen molar-refractivity contribution < 1.29 is 8.78 Å². The highest BCUT2D eigenvalue weighted by atomic mass is 35.5. The first-order valence-electron chi connectivity index (χ1n) is 8.86. The number of nitrogens with zero attached hydrogens (tertiary/aromatic N) is 3. The molecule has 0 spiro atoms. The zero-order chi connectivity index (χ0) is 19.7. The second kappa shape index (κ2) is 7.64. The maximum Gasteiger partial charge on any atom is 0.216 e. The molecule has 1 N–H and O–H groups in total. The van der Waals surface area contributed by atoms with Crippen molar-refractivity contribution in [2.75, 3.05) is 0 Å². The van der Waals surface area contributed by atoms with Crippen molar-refractivity contribution in [1.29, 1.82) is 0 Å². The van der Waals surface area contributed by atoms with Crippen molar-refractivity contribution in [3.8, 4) is 0 Å². The minimum Gasteiger partial charge on any atom is -0.346 e. The van der Waals surface area contributed by atoms with Gasteiger partial charge in [0.1, 0.15) is 5.65 Å². The summed E-state index contributed by atoms with van der Waals surface area (Å²) in [7, 11) is 0. The monoisotopic (exact) mass is 398 g/mol. The summed E-state index contributed by atoms with van der Waals surface area (Å²) in [6.45, 7) is 1.97. The third-order valence-electron chi connectivity index (χ3n) is 4.65. The molecule has 0 amide bonds. The van der Waals surface area contributed by atoms with Crippen LogP contribution in [0.2, 0.25) is 5.02 Å². The van der Waals surface area contributed by atoms with E-state index in [0.717, 1.165) is 22.2 Å². The molecule has 0 aromatic carbocycles. The van der Waals surface area contributed by atoms with Gasteiger partial charge in [0.15, 0.2) is 0 Å². The molecule has 142 valence electrons. The van der Waals surface area contributed by atoms with E-state index >= 15 is 0 Å². The molecule has 0 aliphatic carbocycles. The van der Waals surface area contributed by atoms with E-state index in [1.54, 1.807) is 18.3 Å². The lowest BCUT2D eigenvalue weighted by molar-refractivity contribution is 0.556.